The van der Waals surface area contributed by atoms with Gasteiger partial charge in [0.05, 0.1) is 0 Å². The van der Waals surface area contributed by atoms with Crippen LogP contribution < -0.4 is 11.3 Å². The Hall–Kier alpha value is -0.560. The Morgan fingerprint density at radius 3 is 2.77 bits per heavy atom. The van der Waals surface area contributed by atoms with Gasteiger partial charge in [0.2, 0.25) is 0 Å². The maximum Gasteiger partial charge on any atom is 0.0481 e. The second-order valence-corrected chi connectivity index (χ2v) is 2.81. The summed E-state index contributed by atoms with van der Waals surface area (Å²) in [4.78, 5) is 0. The minimum Gasteiger partial charge on any atom is -0.382 e. The average Bonchev–Trinajstić information content (AvgIpc) is 2.16. The van der Waals surface area contributed by atoms with Gasteiger partial charge in [-0.3, -0.25) is 11.3 Å². The van der Waals surface area contributed by atoms with E-state index >= 15 is 0 Å². The molecule has 0 aromatic heterocycles. The van der Waals surface area contributed by atoms with E-state index in [9.17, 15) is 0 Å². The van der Waals surface area contributed by atoms with Crippen LogP contribution in [0.25, 0.3) is 0 Å². The van der Waals surface area contributed by atoms with Gasteiger partial charge in [0.25, 0.3) is 0 Å². The largest absolute Gasteiger partial charge is 0.382 e. The molecule has 1 atom stereocenters. The molecule has 3 N–H and O–H groups in total. The predicted molar refractivity (Wildman–Crippen MR) is 54.9 cm³/mol. The Morgan fingerprint density at radius 1 is 1.46 bits per heavy atom. The third-order valence-electron chi connectivity index (χ3n) is 1.85. The second kappa shape index (κ2) is 9.53. The van der Waals surface area contributed by atoms with E-state index in [0.717, 1.165) is 32.5 Å². The second-order valence-electron chi connectivity index (χ2n) is 2.81. The van der Waals surface area contributed by atoms with Crippen LogP contribution in [0.3, 0.4) is 0 Å². The number of hydrazine groups is 1. The lowest BCUT2D eigenvalue weighted by atomic mass is 10.1. The third-order valence-corrected chi connectivity index (χ3v) is 1.85. The van der Waals surface area contributed by atoms with Crippen molar-refractivity contribution >= 4 is 0 Å². The van der Waals surface area contributed by atoms with Crippen molar-refractivity contribution in [1.29, 1.82) is 0 Å². The summed E-state index contributed by atoms with van der Waals surface area (Å²) in [6.07, 6.45) is 2.84. The zero-order chi connectivity index (χ0) is 9.94. The quantitative estimate of drug-likeness (QED) is 0.269. The van der Waals surface area contributed by atoms with Gasteiger partial charge in [-0.25, -0.2) is 0 Å². The van der Waals surface area contributed by atoms with Crippen molar-refractivity contribution < 1.29 is 4.74 Å². The van der Waals surface area contributed by atoms with Crippen LogP contribution in [0, 0.1) is 11.8 Å². The maximum absolute atomic E-state index is 5.38. The van der Waals surface area contributed by atoms with Gasteiger partial charge < -0.3 is 4.74 Å². The highest BCUT2D eigenvalue weighted by Gasteiger charge is 2.04. The standard InChI is InChI=1S/C10H20N2O/c1-3-5-6-7-10(12-11)8-9-13-4-2/h10,12H,4,6-9,11H2,1-2H3. The summed E-state index contributed by atoms with van der Waals surface area (Å²) in [5.41, 5.74) is 2.77. The van der Waals surface area contributed by atoms with E-state index in [2.05, 4.69) is 17.3 Å². The molecule has 0 spiro atoms. The van der Waals surface area contributed by atoms with E-state index in [1.165, 1.54) is 0 Å². The molecule has 76 valence electrons. The van der Waals surface area contributed by atoms with Crippen molar-refractivity contribution in [3.63, 3.8) is 0 Å². The van der Waals surface area contributed by atoms with E-state index < -0.39 is 0 Å². The molecule has 0 rings (SSSR count). The fourth-order valence-electron chi connectivity index (χ4n) is 1.05. The fourth-order valence-corrected chi connectivity index (χ4v) is 1.05. The van der Waals surface area contributed by atoms with E-state index in [1.54, 1.807) is 0 Å². The van der Waals surface area contributed by atoms with Gasteiger partial charge >= 0.3 is 0 Å². The summed E-state index contributed by atoms with van der Waals surface area (Å²) < 4.78 is 5.24. The minimum atomic E-state index is 0.326. The molecule has 0 aliphatic carbocycles. The molecule has 0 heterocycles. The highest BCUT2D eigenvalue weighted by atomic mass is 16.5. The summed E-state index contributed by atoms with van der Waals surface area (Å²) in [6, 6.07) is 0.326. The van der Waals surface area contributed by atoms with Crippen molar-refractivity contribution in [2.75, 3.05) is 13.2 Å². The SMILES string of the molecule is CC#CCCC(CCOCC)NN. The first kappa shape index (κ1) is 12.4. The summed E-state index contributed by atoms with van der Waals surface area (Å²) in [5, 5.41) is 0. The molecule has 0 aromatic rings. The van der Waals surface area contributed by atoms with E-state index in [0.29, 0.717) is 6.04 Å². The fraction of sp³-hybridized carbons (Fsp3) is 0.800. The van der Waals surface area contributed by atoms with Gasteiger partial charge in [-0.05, 0) is 26.7 Å². The molecule has 0 aliphatic rings. The Kier molecular flexibility index (Phi) is 9.12. The zero-order valence-electron chi connectivity index (χ0n) is 8.60. The summed E-state index contributed by atoms with van der Waals surface area (Å²) in [6.45, 7) is 5.38. The summed E-state index contributed by atoms with van der Waals surface area (Å²) in [5.74, 6) is 11.3. The van der Waals surface area contributed by atoms with Crippen molar-refractivity contribution in [2.45, 2.75) is 39.2 Å². The van der Waals surface area contributed by atoms with Crippen LogP contribution in [0.2, 0.25) is 0 Å². The topological polar surface area (TPSA) is 47.3 Å². The Labute approximate surface area is 81.0 Å². The Morgan fingerprint density at radius 2 is 2.23 bits per heavy atom. The number of ether oxygens (including phenoxy) is 1. The first-order valence-electron chi connectivity index (χ1n) is 4.78. The number of nitrogens with one attached hydrogen (secondary N) is 1. The minimum absolute atomic E-state index is 0.326. The molecule has 0 aromatic carbocycles. The molecule has 13 heavy (non-hydrogen) atoms. The lowest BCUT2D eigenvalue weighted by molar-refractivity contribution is 0.135. The van der Waals surface area contributed by atoms with E-state index in [-0.39, 0.29) is 0 Å². The van der Waals surface area contributed by atoms with Crippen LogP contribution >= 0.6 is 0 Å². The number of nitrogens with two attached hydrogens (primary N) is 1. The lowest BCUT2D eigenvalue weighted by Gasteiger charge is -2.13. The molecule has 3 heteroatoms. The lowest BCUT2D eigenvalue weighted by Crippen LogP contribution is -2.35. The van der Waals surface area contributed by atoms with Crippen LogP contribution in [0.15, 0.2) is 0 Å². The number of hydrogen-bond acceptors (Lipinski definition) is 3. The van der Waals surface area contributed by atoms with Crippen molar-refractivity contribution in [2.24, 2.45) is 5.84 Å². The first-order chi connectivity index (χ1) is 6.35. The van der Waals surface area contributed by atoms with Gasteiger partial charge in [0.1, 0.15) is 0 Å². The van der Waals surface area contributed by atoms with Crippen LogP contribution in [0.4, 0.5) is 0 Å². The van der Waals surface area contributed by atoms with Crippen LogP contribution in [-0.4, -0.2) is 19.3 Å². The van der Waals surface area contributed by atoms with Gasteiger partial charge in [0.15, 0.2) is 0 Å². The molecule has 0 bridgehead atoms. The highest BCUT2D eigenvalue weighted by molar-refractivity contribution is 4.95. The normalized spacial score (nSPS) is 11.9. The first-order valence-corrected chi connectivity index (χ1v) is 4.78. The van der Waals surface area contributed by atoms with E-state index in [1.807, 2.05) is 13.8 Å². The van der Waals surface area contributed by atoms with Crippen molar-refractivity contribution in [1.82, 2.24) is 5.43 Å². The molecule has 0 aliphatic heterocycles. The van der Waals surface area contributed by atoms with Gasteiger partial charge in [0, 0.05) is 25.7 Å². The number of rotatable bonds is 7. The van der Waals surface area contributed by atoms with E-state index in [4.69, 9.17) is 10.6 Å². The molecule has 3 nitrogen and oxygen atoms in total. The zero-order valence-corrected chi connectivity index (χ0v) is 8.60. The molecular weight excluding hydrogens is 164 g/mol. The van der Waals surface area contributed by atoms with Crippen LogP contribution in [-0.2, 0) is 4.74 Å². The third kappa shape index (κ3) is 7.79. The molecule has 0 saturated carbocycles. The predicted octanol–water partition coefficient (Wildman–Crippen LogP) is 1.05. The number of hydrogen-bond donors (Lipinski definition) is 2. The maximum atomic E-state index is 5.38. The van der Waals surface area contributed by atoms with Crippen molar-refractivity contribution in [3.05, 3.63) is 0 Å². The van der Waals surface area contributed by atoms with Crippen LogP contribution in [0.5, 0.6) is 0 Å². The molecule has 0 saturated heterocycles. The van der Waals surface area contributed by atoms with Gasteiger partial charge in [-0.2, -0.15) is 0 Å². The molecule has 0 amide bonds. The van der Waals surface area contributed by atoms with Gasteiger partial charge in [-0.15, -0.1) is 11.8 Å². The highest BCUT2D eigenvalue weighted by Crippen LogP contribution is 2.00. The van der Waals surface area contributed by atoms with Gasteiger partial charge in [-0.1, -0.05) is 0 Å². The molecule has 1 unspecified atom stereocenters. The Balaban J connectivity index is 3.43. The Bertz CT molecular complexity index is 160. The molecular formula is C10H20N2O. The molecule has 0 fully saturated rings. The van der Waals surface area contributed by atoms with Crippen LogP contribution in [0.1, 0.15) is 33.1 Å². The molecule has 0 radical (unpaired) electrons. The average molecular weight is 184 g/mol. The summed E-state index contributed by atoms with van der Waals surface area (Å²) >= 11 is 0. The monoisotopic (exact) mass is 184 g/mol. The smallest absolute Gasteiger partial charge is 0.0481 e. The van der Waals surface area contributed by atoms with Crippen molar-refractivity contribution in [3.8, 4) is 11.8 Å². The summed E-state index contributed by atoms with van der Waals surface area (Å²) in [7, 11) is 0.